The third-order valence-corrected chi connectivity index (χ3v) is 2.88. The highest BCUT2D eigenvalue weighted by atomic mass is 16.5. The van der Waals surface area contributed by atoms with Crippen molar-refractivity contribution in [3.8, 4) is 5.75 Å². The molecule has 6 nitrogen and oxygen atoms in total. The van der Waals surface area contributed by atoms with Gasteiger partial charge >= 0.3 is 11.9 Å². The van der Waals surface area contributed by atoms with Gasteiger partial charge in [-0.05, 0) is 12.5 Å². The Kier molecular flexibility index (Phi) is 2.47. The summed E-state index contributed by atoms with van der Waals surface area (Å²) in [6.45, 7) is 0.548. The van der Waals surface area contributed by atoms with Gasteiger partial charge < -0.3 is 14.3 Å². The molecule has 18 heavy (non-hydrogen) atoms. The maximum atomic E-state index is 10.7. The molecule has 0 bridgehead atoms. The number of carboxylic acids is 1. The van der Waals surface area contributed by atoms with Crippen LogP contribution in [0.15, 0.2) is 28.7 Å². The number of aromatic carboxylic acids is 1. The Labute approximate surface area is 102 Å². The quantitative estimate of drug-likeness (QED) is 0.867. The number of para-hydroxylation sites is 1. The van der Waals surface area contributed by atoms with E-state index in [1.54, 1.807) is 0 Å². The van der Waals surface area contributed by atoms with Gasteiger partial charge in [0, 0.05) is 5.56 Å². The van der Waals surface area contributed by atoms with Crippen LogP contribution in [0.25, 0.3) is 0 Å². The summed E-state index contributed by atoms with van der Waals surface area (Å²) in [6, 6.07) is 7.58. The molecule has 0 saturated heterocycles. The van der Waals surface area contributed by atoms with Crippen molar-refractivity contribution in [3.05, 3.63) is 41.6 Å². The number of hydrogen-bond donors (Lipinski definition) is 1. The molecule has 1 N–H and O–H groups in total. The van der Waals surface area contributed by atoms with Crippen molar-refractivity contribution in [1.82, 2.24) is 10.2 Å². The third kappa shape index (κ3) is 1.71. The van der Waals surface area contributed by atoms with Crippen molar-refractivity contribution in [1.29, 1.82) is 0 Å². The fourth-order valence-corrected chi connectivity index (χ4v) is 2.06. The maximum absolute atomic E-state index is 10.7. The van der Waals surface area contributed by atoms with Crippen LogP contribution >= 0.6 is 0 Å². The molecule has 3 rings (SSSR count). The fourth-order valence-electron chi connectivity index (χ4n) is 2.06. The minimum absolute atomic E-state index is 0.101. The number of carbonyl (C=O) groups is 1. The number of hydrogen-bond acceptors (Lipinski definition) is 5. The van der Waals surface area contributed by atoms with E-state index in [1.807, 2.05) is 24.3 Å². The Hall–Kier alpha value is -2.37. The van der Waals surface area contributed by atoms with Gasteiger partial charge in [-0.3, -0.25) is 0 Å². The first-order valence-electron chi connectivity index (χ1n) is 5.54. The molecule has 0 saturated carbocycles. The summed E-state index contributed by atoms with van der Waals surface area (Å²) in [5, 5.41) is 16.1. The van der Waals surface area contributed by atoms with E-state index in [0.717, 1.165) is 11.3 Å². The Morgan fingerprint density at radius 3 is 2.94 bits per heavy atom. The zero-order valence-corrected chi connectivity index (χ0v) is 9.37. The predicted octanol–water partition coefficient (Wildman–Crippen LogP) is 1.68. The topological polar surface area (TPSA) is 85.5 Å². The summed E-state index contributed by atoms with van der Waals surface area (Å²) in [6.07, 6.45) is 0.693. The Balaban J connectivity index is 2.00. The number of rotatable bonds is 2. The molecule has 0 radical (unpaired) electrons. The molecule has 1 aliphatic rings. The number of nitrogens with zero attached hydrogens (tertiary/aromatic N) is 2. The highest BCUT2D eigenvalue weighted by Crippen LogP contribution is 2.37. The number of ether oxygens (including phenoxy) is 1. The summed E-state index contributed by atoms with van der Waals surface area (Å²) in [7, 11) is 0. The van der Waals surface area contributed by atoms with E-state index in [0.29, 0.717) is 18.9 Å². The summed E-state index contributed by atoms with van der Waals surface area (Å²) in [5.41, 5.74) is 0.948. The lowest BCUT2D eigenvalue weighted by Crippen LogP contribution is -2.15. The lowest BCUT2D eigenvalue weighted by molar-refractivity contribution is 0.0651. The second-order valence-electron chi connectivity index (χ2n) is 3.98. The van der Waals surface area contributed by atoms with Crippen LogP contribution in [0.4, 0.5) is 0 Å². The second kappa shape index (κ2) is 4.14. The van der Waals surface area contributed by atoms with Gasteiger partial charge in [0.1, 0.15) is 5.75 Å². The molecule has 2 aromatic rings. The van der Waals surface area contributed by atoms with Crippen LogP contribution in [0.5, 0.6) is 5.75 Å². The average Bonchev–Trinajstić information content (AvgIpc) is 2.87. The number of benzene rings is 1. The minimum atomic E-state index is -1.21. The van der Waals surface area contributed by atoms with Crippen molar-refractivity contribution in [2.45, 2.75) is 12.3 Å². The van der Waals surface area contributed by atoms with E-state index in [9.17, 15) is 4.79 Å². The monoisotopic (exact) mass is 246 g/mol. The smallest absolute Gasteiger partial charge is 0.393 e. The molecule has 1 unspecified atom stereocenters. The van der Waals surface area contributed by atoms with Crippen molar-refractivity contribution >= 4 is 5.97 Å². The Morgan fingerprint density at radius 2 is 2.17 bits per heavy atom. The van der Waals surface area contributed by atoms with Crippen LogP contribution in [0.1, 0.15) is 34.5 Å². The lowest BCUT2D eigenvalue weighted by atomic mass is 9.93. The van der Waals surface area contributed by atoms with Gasteiger partial charge in [-0.1, -0.05) is 18.2 Å². The number of aromatic nitrogens is 2. The predicted molar refractivity (Wildman–Crippen MR) is 59.7 cm³/mol. The largest absolute Gasteiger partial charge is 0.493 e. The van der Waals surface area contributed by atoms with Crippen LogP contribution in [-0.2, 0) is 0 Å². The van der Waals surface area contributed by atoms with Gasteiger partial charge in [0.2, 0.25) is 5.89 Å². The Morgan fingerprint density at radius 1 is 1.33 bits per heavy atom. The lowest BCUT2D eigenvalue weighted by Gasteiger charge is -2.23. The van der Waals surface area contributed by atoms with E-state index >= 15 is 0 Å². The molecule has 2 heterocycles. The van der Waals surface area contributed by atoms with Crippen molar-refractivity contribution in [2.75, 3.05) is 6.61 Å². The van der Waals surface area contributed by atoms with E-state index in [4.69, 9.17) is 14.3 Å². The van der Waals surface area contributed by atoms with Crippen molar-refractivity contribution in [2.24, 2.45) is 0 Å². The number of fused-ring (bicyclic) bond motifs is 1. The van der Waals surface area contributed by atoms with Gasteiger partial charge in [-0.15, -0.1) is 10.2 Å². The van der Waals surface area contributed by atoms with Gasteiger partial charge in [0.15, 0.2) is 0 Å². The van der Waals surface area contributed by atoms with E-state index in [-0.39, 0.29) is 11.8 Å². The van der Waals surface area contributed by atoms with Gasteiger partial charge in [-0.2, -0.15) is 0 Å². The third-order valence-electron chi connectivity index (χ3n) is 2.88. The summed E-state index contributed by atoms with van der Waals surface area (Å²) in [4.78, 5) is 10.7. The molecule has 6 heteroatoms. The highest BCUT2D eigenvalue weighted by Gasteiger charge is 2.28. The van der Waals surface area contributed by atoms with Crippen LogP contribution in [-0.4, -0.2) is 27.9 Å². The molecular weight excluding hydrogens is 236 g/mol. The van der Waals surface area contributed by atoms with Gasteiger partial charge in [0.05, 0.1) is 12.5 Å². The molecule has 1 atom stereocenters. The molecule has 0 aliphatic carbocycles. The van der Waals surface area contributed by atoms with E-state index < -0.39 is 5.97 Å². The first-order valence-corrected chi connectivity index (χ1v) is 5.54. The van der Waals surface area contributed by atoms with Gasteiger partial charge in [0.25, 0.3) is 0 Å². The summed E-state index contributed by atoms with van der Waals surface area (Å²) in [5.74, 6) is -0.592. The van der Waals surface area contributed by atoms with E-state index in [2.05, 4.69) is 10.2 Å². The molecule has 1 aromatic heterocycles. The second-order valence-corrected chi connectivity index (χ2v) is 3.98. The molecule has 0 spiro atoms. The average molecular weight is 246 g/mol. The first-order chi connectivity index (χ1) is 8.75. The highest BCUT2D eigenvalue weighted by molar-refractivity contribution is 5.81. The van der Waals surface area contributed by atoms with Gasteiger partial charge in [-0.25, -0.2) is 4.79 Å². The first kappa shape index (κ1) is 10.8. The maximum Gasteiger partial charge on any atom is 0.393 e. The molecule has 1 aromatic carbocycles. The SMILES string of the molecule is O=C(O)c1nnc(C2CCOc3ccccc32)o1. The van der Waals surface area contributed by atoms with E-state index in [1.165, 1.54) is 0 Å². The Bertz CT molecular complexity index is 593. The summed E-state index contributed by atoms with van der Waals surface area (Å²) >= 11 is 0. The number of carboxylic acid groups (broad SMARTS) is 1. The van der Waals surface area contributed by atoms with Crippen LogP contribution in [0.2, 0.25) is 0 Å². The minimum Gasteiger partial charge on any atom is -0.493 e. The molecule has 92 valence electrons. The van der Waals surface area contributed by atoms with Crippen LogP contribution in [0.3, 0.4) is 0 Å². The molecular formula is C12H10N2O4. The zero-order valence-electron chi connectivity index (χ0n) is 9.37. The standard InChI is InChI=1S/C12H10N2O4/c15-12(16)11-14-13-10(18-11)8-5-6-17-9-4-2-1-3-7(8)9/h1-4,8H,5-6H2,(H,15,16). The van der Waals surface area contributed by atoms with Crippen LogP contribution < -0.4 is 4.74 Å². The van der Waals surface area contributed by atoms with Crippen LogP contribution in [0, 0.1) is 0 Å². The fraction of sp³-hybridized carbons (Fsp3) is 0.250. The molecule has 1 aliphatic heterocycles. The molecule has 0 amide bonds. The van der Waals surface area contributed by atoms with Crippen molar-refractivity contribution in [3.63, 3.8) is 0 Å². The summed E-state index contributed by atoms with van der Waals surface area (Å²) < 4.78 is 10.7. The zero-order chi connectivity index (χ0) is 12.5. The molecule has 0 fully saturated rings. The normalized spacial score (nSPS) is 17.9. The van der Waals surface area contributed by atoms with Crippen molar-refractivity contribution < 1.29 is 19.1 Å².